The number of aryl methyl sites for hydroxylation is 2. The second kappa shape index (κ2) is 7.54. The molecular weight excluding hydrogens is 332 g/mol. The fraction of sp³-hybridized carbons (Fsp3) is 0.238. The molecular formula is C21H20O5. The lowest BCUT2D eigenvalue weighted by atomic mass is 10.0. The number of carbonyl (C=O) groups excluding carboxylic acids is 2. The van der Waals surface area contributed by atoms with Crippen LogP contribution in [0.5, 0.6) is 0 Å². The van der Waals surface area contributed by atoms with E-state index < -0.39 is 5.97 Å². The van der Waals surface area contributed by atoms with Crippen LogP contribution >= 0.6 is 0 Å². The standard InChI is InChI=1S/C21H20O5/c1-13-8-9-15(14(2)10-13)18(22)12-25-21(23)20-17(11-24-3)16-6-4-5-7-19(16)26-20/h4-10H,11-12H2,1-3H3. The number of methoxy groups -OCH3 is 1. The van der Waals surface area contributed by atoms with Crippen molar-refractivity contribution in [3.8, 4) is 0 Å². The third-order valence-electron chi connectivity index (χ3n) is 4.19. The first kappa shape index (κ1) is 17.9. The summed E-state index contributed by atoms with van der Waals surface area (Å²) in [6, 6.07) is 12.8. The van der Waals surface area contributed by atoms with Crippen LogP contribution in [0.25, 0.3) is 11.0 Å². The minimum atomic E-state index is -0.675. The van der Waals surface area contributed by atoms with E-state index in [1.807, 2.05) is 44.2 Å². The molecule has 0 amide bonds. The first-order valence-corrected chi connectivity index (χ1v) is 8.28. The number of ketones is 1. The average Bonchev–Trinajstić information content (AvgIpc) is 2.99. The quantitative estimate of drug-likeness (QED) is 0.490. The van der Waals surface area contributed by atoms with Crippen LogP contribution in [0, 0.1) is 13.8 Å². The maximum atomic E-state index is 12.5. The SMILES string of the molecule is COCc1c(C(=O)OCC(=O)c2ccc(C)cc2C)oc2ccccc12. The number of hydrogen-bond acceptors (Lipinski definition) is 5. The van der Waals surface area contributed by atoms with Crippen molar-refractivity contribution < 1.29 is 23.5 Å². The van der Waals surface area contributed by atoms with Crippen molar-refractivity contribution >= 4 is 22.7 Å². The highest BCUT2D eigenvalue weighted by molar-refractivity contribution is 6.01. The zero-order valence-corrected chi connectivity index (χ0v) is 15.0. The van der Waals surface area contributed by atoms with Gasteiger partial charge < -0.3 is 13.9 Å². The summed E-state index contributed by atoms with van der Waals surface area (Å²) >= 11 is 0. The maximum absolute atomic E-state index is 12.5. The molecule has 2 aromatic carbocycles. The minimum Gasteiger partial charge on any atom is -0.451 e. The molecule has 0 fully saturated rings. The molecule has 0 spiro atoms. The Morgan fingerprint density at radius 3 is 2.58 bits per heavy atom. The smallest absolute Gasteiger partial charge is 0.375 e. The summed E-state index contributed by atoms with van der Waals surface area (Å²) in [4.78, 5) is 24.8. The van der Waals surface area contributed by atoms with Crippen molar-refractivity contribution in [3.05, 3.63) is 70.5 Å². The van der Waals surface area contributed by atoms with Crippen LogP contribution in [0.15, 0.2) is 46.9 Å². The topological polar surface area (TPSA) is 65.7 Å². The van der Waals surface area contributed by atoms with Crippen LogP contribution in [0.2, 0.25) is 0 Å². The number of fused-ring (bicyclic) bond motifs is 1. The molecule has 1 aromatic heterocycles. The van der Waals surface area contributed by atoms with E-state index >= 15 is 0 Å². The molecule has 3 aromatic rings. The third kappa shape index (κ3) is 3.53. The van der Waals surface area contributed by atoms with Crippen LogP contribution < -0.4 is 0 Å². The predicted octanol–water partition coefficient (Wildman–Crippen LogP) is 4.24. The lowest BCUT2D eigenvalue weighted by Crippen LogP contribution is -2.16. The molecule has 0 unspecified atom stereocenters. The van der Waals surface area contributed by atoms with Gasteiger partial charge in [0.25, 0.3) is 0 Å². The first-order chi connectivity index (χ1) is 12.5. The Morgan fingerprint density at radius 1 is 1.08 bits per heavy atom. The summed E-state index contributed by atoms with van der Waals surface area (Å²) in [5.74, 6) is -0.854. The number of benzene rings is 2. The van der Waals surface area contributed by atoms with Gasteiger partial charge in [-0.05, 0) is 25.5 Å². The Labute approximate surface area is 151 Å². The van der Waals surface area contributed by atoms with E-state index in [9.17, 15) is 9.59 Å². The van der Waals surface area contributed by atoms with Gasteiger partial charge in [0.2, 0.25) is 11.5 Å². The Morgan fingerprint density at radius 2 is 1.85 bits per heavy atom. The number of esters is 1. The number of Topliss-reactive ketones (excluding diaryl/α,β-unsaturated/α-hetero) is 1. The van der Waals surface area contributed by atoms with Gasteiger partial charge in [-0.15, -0.1) is 0 Å². The molecule has 5 nitrogen and oxygen atoms in total. The van der Waals surface area contributed by atoms with Gasteiger partial charge in [0.1, 0.15) is 5.58 Å². The molecule has 0 aliphatic carbocycles. The van der Waals surface area contributed by atoms with E-state index in [1.54, 1.807) is 19.2 Å². The molecule has 26 heavy (non-hydrogen) atoms. The Kier molecular flexibility index (Phi) is 5.19. The summed E-state index contributed by atoms with van der Waals surface area (Å²) < 4.78 is 16.0. The molecule has 3 rings (SSSR count). The third-order valence-corrected chi connectivity index (χ3v) is 4.19. The number of furan rings is 1. The number of rotatable bonds is 6. The van der Waals surface area contributed by atoms with E-state index in [-0.39, 0.29) is 24.8 Å². The maximum Gasteiger partial charge on any atom is 0.375 e. The first-order valence-electron chi connectivity index (χ1n) is 8.28. The summed E-state index contributed by atoms with van der Waals surface area (Å²) in [6.45, 7) is 3.69. The summed E-state index contributed by atoms with van der Waals surface area (Å²) in [5.41, 5.74) is 3.67. The molecule has 1 heterocycles. The number of hydrogen-bond donors (Lipinski definition) is 0. The highest BCUT2D eigenvalue weighted by Gasteiger charge is 2.23. The van der Waals surface area contributed by atoms with Crippen molar-refractivity contribution in [2.45, 2.75) is 20.5 Å². The van der Waals surface area contributed by atoms with Gasteiger partial charge in [0.05, 0.1) is 6.61 Å². The monoisotopic (exact) mass is 352 g/mol. The van der Waals surface area contributed by atoms with Gasteiger partial charge in [0, 0.05) is 23.6 Å². The second-order valence-corrected chi connectivity index (χ2v) is 6.16. The number of carbonyl (C=O) groups is 2. The normalized spacial score (nSPS) is 10.9. The summed E-state index contributed by atoms with van der Waals surface area (Å²) in [5, 5.41) is 0.794. The molecule has 0 saturated carbocycles. The molecule has 0 N–H and O–H groups in total. The molecule has 0 bridgehead atoms. The highest BCUT2D eigenvalue weighted by atomic mass is 16.5. The number of para-hydroxylation sites is 1. The molecule has 0 atom stereocenters. The van der Waals surface area contributed by atoms with Gasteiger partial charge >= 0.3 is 5.97 Å². The predicted molar refractivity (Wildman–Crippen MR) is 97.5 cm³/mol. The van der Waals surface area contributed by atoms with Gasteiger partial charge in [-0.25, -0.2) is 4.79 Å². The Hall–Kier alpha value is -2.92. The molecule has 5 heteroatoms. The van der Waals surface area contributed by atoms with Crippen LogP contribution in [-0.4, -0.2) is 25.5 Å². The van der Waals surface area contributed by atoms with Gasteiger partial charge in [-0.2, -0.15) is 0 Å². The van der Waals surface area contributed by atoms with Crippen LogP contribution in [0.3, 0.4) is 0 Å². The summed E-state index contributed by atoms with van der Waals surface area (Å²) in [7, 11) is 1.54. The lowest BCUT2D eigenvalue weighted by molar-refractivity contribution is 0.0441. The fourth-order valence-electron chi connectivity index (χ4n) is 2.95. The van der Waals surface area contributed by atoms with E-state index in [0.717, 1.165) is 16.5 Å². The molecule has 0 aliphatic heterocycles. The molecule has 0 aliphatic rings. The Bertz CT molecular complexity index is 968. The average molecular weight is 352 g/mol. The van der Waals surface area contributed by atoms with Crippen molar-refractivity contribution in [1.82, 2.24) is 0 Å². The van der Waals surface area contributed by atoms with Crippen molar-refractivity contribution in [2.24, 2.45) is 0 Å². The second-order valence-electron chi connectivity index (χ2n) is 6.16. The number of ether oxygens (including phenoxy) is 2. The van der Waals surface area contributed by atoms with Crippen molar-refractivity contribution in [3.63, 3.8) is 0 Å². The van der Waals surface area contributed by atoms with Crippen LogP contribution in [0.1, 0.15) is 37.6 Å². The van der Waals surface area contributed by atoms with Crippen molar-refractivity contribution in [2.75, 3.05) is 13.7 Å². The van der Waals surface area contributed by atoms with E-state index in [1.165, 1.54) is 0 Å². The van der Waals surface area contributed by atoms with Crippen molar-refractivity contribution in [1.29, 1.82) is 0 Å². The Balaban J connectivity index is 1.79. The minimum absolute atomic E-state index is 0.0708. The zero-order chi connectivity index (χ0) is 18.7. The fourth-order valence-corrected chi connectivity index (χ4v) is 2.95. The highest BCUT2D eigenvalue weighted by Crippen LogP contribution is 2.27. The van der Waals surface area contributed by atoms with Gasteiger partial charge in [-0.1, -0.05) is 42.0 Å². The van der Waals surface area contributed by atoms with Crippen LogP contribution in [0.4, 0.5) is 0 Å². The van der Waals surface area contributed by atoms with Gasteiger partial charge in [0.15, 0.2) is 6.61 Å². The van der Waals surface area contributed by atoms with Crippen LogP contribution in [-0.2, 0) is 16.1 Å². The molecule has 0 radical (unpaired) electrons. The van der Waals surface area contributed by atoms with E-state index in [2.05, 4.69) is 0 Å². The summed E-state index contributed by atoms with van der Waals surface area (Å²) in [6.07, 6.45) is 0. The van der Waals surface area contributed by atoms with E-state index in [0.29, 0.717) is 16.7 Å². The zero-order valence-electron chi connectivity index (χ0n) is 15.0. The lowest BCUT2D eigenvalue weighted by Gasteiger charge is -2.07. The van der Waals surface area contributed by atoms with E-state index in [4.69, 9.17) is 13.9 Å². The largest absolute Gasteiger partial charge is 0.451 e. The molecule has 0 saturated heterocycles. The molecule has 134 valence electrons. The van der Waals surface area contributed by atoms with Gasteiger partial charge in [-0.3, -0.25) is 4.79 Å².